The van der Waals surface area contributed by atoms with Gasteiger partial charge in [0, 0.05) is 17.4 Å². The Morgan fingerprint density at radius 3 is 2.12 bits per heavy atom. The van der Waals surface area contributed by atoms with E-state index < -0.39 is 0 Å². The fourth-order valence-electron chi connectivity index (χ4n) is 3.37. The van der Waals surface area contributed by atoms with Gasteiger partial charge in [-0.2, -0.15) is 0 Å². The Balaban J connectivity index is 2.10. The highest BCUT2D eigenvalue weighted by atomic mass is 16.3. The van der Waals surface area contributed by atoms with E-state index >= 15 is 0 Å². The predicted molar refractivity (Wildman–Crippen MR) is 100 cm³/mol. The summed E-state index contributed by atoms with van der Waals surface area (Å²) in [5, 5.41) is 11.8. The average molecular weight is 322 g/mol. The molecule has 2 heteroatoms. The van der Waals surface area contributed by atoms with Gasteiger partial charge < -0.3 is 9.52 Å². The van der Waals surface area contributed by atoms with Gasteiger partial charge in [-0.1, -0.05) is 58.0 Å². The monoisotopic (exact) mass is 322 g/mol. The second kappa shape index (κ2) is 6.35. The van der Waals surface area contributed by atoms with E-state index in [-0.39, 0.29) is 0 Å². The number of benzene rings is 2. The van der Waals surface area contributed by atoms with E-state index in [1.807, 2.05) is 19.1 Å². The average Bonchev–Trinajstić information content (AvgIpc) is 2.84. The molecule has 0 radical (unpaired) electrons. The van der Waals surface area contributed by atoms with Crippen LogP contribution in [0, 0.1) is 6.92 Å². The summed E-state index contributed by atoms with van der Waals surface area (Å²) in [4.78, 5) is 0. The molecule has 1 aromatic heterocycles. The number of hydrogen-bond acceptors (Lipinski definition) is 2. The lowest BCUT2D eigenvalue weighted by atomic mass is 9.89. The summed E-state index contributed by atoms with van der Waals surface area (Å²) in [5.74, 6) is 2.02. The number of aromatic hydroxyl groups is 1. The fourth-order valence-corrected chi connectivity index (χ4v) is 3.37. The first-order chi connectivity index (χ1) is 11.4. The summed E-state index contributed by atoms with van der Waals surface area (Å²) in [7, 11) is 0. The van der Waals surface area contributed by atoms with Gasteiger partial charge in [-0.3, -0.25) is 0 Å². The zero-order chi connectivity index (χ0) is 17.4. The molecule has 3 aromatic rings. The molecule has 0 saturated carbocycles. The van der Waals surface area contributed by atoms with Crippen LogP contribution < -0.4 is 0 Å². The summed E-state index contributed by atoms with van der Waals surface area (Å²) >= 11 is 0. The number of phenols is 1. The molecule has 0 aliphatic heterocycles. The first kappa shape index (κ1) is 16.6. The van der Waals surface area contributed by atoms with E-state index in [1.165, 1.54) is 16.5 Å². The van der Waals surface area contributed by atoms with Crippen LogP contribution in [-0.4, -0.2) is 5.11 Å². The van der Waals surface area contributed by atoms with Crippen molar-refractivity contribution in [2.75, 3.05) is 0 Å². The van der Waals surface area contributed by atoms with E-state index in [9.17, 15) is 5.11 Å². The minimum Gasteiger partial charge on any atom is -0.507 e. The van der Waals surface area contributed by atoms with Gasteiger partial charge in [-0.15, -0.1) is 0 Å². The van der Waals surface area contributed by atoms with Crippen molar-refractivity contribution >= 4 is 11.0 Å². The van der Waals surface area contributed by atoms with Gasteiger partial charge in [0.2, 0.25) is 0 Å². The third-order valence-corrected chi connectivity index (χ3v) is 4.75. The van der Waals surface area contributed by atoms with E-state index in [4.69, 9.17) is 4.42 Å². The van der Waals surface area contributed by atoms with Crippen LogP contribution in [-0.2, 0) is 6.42 Å². The molecule has 1 N–H and O–H groups in total. The quantitative estimate of drug-likeness (QED) is 0.613. The molecule has 0 bridgehead atoms. The molecular formula is C22H26O2. The zero-order valence-electron chi connectivity index (χ0n) is 15.2. The molecule has 3 rings (SSSR count). The highest BCUT2D eigenvalue weighted by Crippen LogP contribution is 2.36. The van der Waals surface area contributed by atoms with Gasteiger partial charge in [0.25, 0.3) is 0 Å². The lowest BCUT2D eigenvalue weighted by Gasteiger charge is -2.17. The second-order valence-corrected chi connectivity index (χ2v) is 7.24. The van der Waals surface area contributed by atoms with Gasteiger partial charge >= 0.3 is 0 Å². The molecule has 0 aliphatic carbocycles. The number of para-hydroxylation sites is 1. The Kier molecular flexibility index (Phi) is 4.40. The van der Waals surface area contributed by atoms with Crippen LogP contribution in [0.25, 0.3) is 11.0 Å². The maximum atomic E-state index is 10.6. The highest BCUT2D eigenvalue weighted by molar-refractivity contribution is 5.82. The Hall–Kier alpha value is -2.22. The smallest absolute Gasteiger partial charge is 0.134 e. The molecule has 0 aliphatic rings. The largest absolute Gasteiger partial charge is 0.507 e. The topological polar surface area (TPSA) is 33.4 Å². The van der Waals surface area contributed by atoms with Crippen molar-refractivity contribution in [1.82, 2.24) is 0 Å². The van der Waals surface area contributed by atoms with Crippen molar-refractivity contribution in [2.24, 2.45) is 0 Å². The summed E-state index contributed by atoms with van der Waals surface area (Å²) in [6.07, 6.45) is 0.822. The molecule has 2 nitrogen and oxygen atoms in total. The number of aryl methyl sites for hydroxylation is 1. The Morgan fingerprint density at radius 1 is 0.958 bits per heavy atom. The Labute approximate surface area is 144 Å². The number of rotatable bonds is 4. The van der Waals surface area contributed by atoms with Gasteiger partial charge in [0.15, 0.2) is 0 Å². The van der Waals surface area contributed by atoms with E-state index in [0.717, 1.165) is 28.9 Å². The molecule has 0 atom stereocenters. The second-order valence-electron chi connectivity index (χ2n) is 7.24. The Morgan fingerprint density at radius 2 is 1.54 bits per heavy atom. The van der Waals surface area contributed by atoms with Crippen LogP contribution in [0.4, 0.5) is 0 Å². The third kappa shape index (κ3) is 2.93. The molecular weight excluding hydrogens is 296 g/mol. The summed E-state index contributed by atoms with van der Waals surface area (Å²) in [6.45, 7) is 10.5. The van der Waals surface area contributed by atoms with Crippen LogP contribution in [0.2, 0.25) is 0 Å². The summed E-state index contributed by atoms with van der Waals surface area (Å²) < 4.78 is 5.90. The molecule has 126 valence electrons. The summed E-state index contributed by atoms with van der Waals surface area (Å²) in [6, 6.07) is 12.5. The maximum Gasteiger partial charge on any atom is 0.134 e. The van der Waals surface area contributed by atoms with Crippen LogP contribution in [0.5, 0.6) is 5.75 Å². The van der Waals surface area contributed by atoms with Crippen molar-refractivity contribution in [3.05, 3.63) is 64.4 Å². The normalized spacial score (nSPS) is 11.8. The SMILES string of the molecule is Cc1oc2ccccc2c1Cc1cc(C(C)C)c(O)c(C(C)C)c1. The van der Waals surface area contributed by atoms with Crippen LogP contribution >= 0.6 is 0 Å². The number of hydrogen-bond donors (Lipinski definition) is 1. The number of phenolic OH excluding ortho intramolecular Hbond substituents is 1. The first-order valence-electron chi connectivity index (χ1n) is 8.71. The highest BCUT2D eigenvalue weighted by Gasteiger charge is 2.17. The van der Waals surface area contributed by atoms with Gasteiger partial charge in [-0.05, 0) is 41.5 Å². The van der Waals surface area contributed by atoms with Crippen LogP contribution in [0.1, 0.15) is 67.5 Å². The minimum atomic E-state index is 0.296. The van der Waals surface area contributed by atoms with Crippen molar-refractivity contribution in [1.29, 1.82) is 0 Å². The molecule has 0 spiro atoms. The van der Waals surface area contributed by atoms with Gasteiger partial charge in [0.1, 0.15) is 17.1 Å². The Bertz CT molecular complexity index is 840. The molecule has 0 saturated heterocycles. The van der Waals surface area contributed by atoms with Crippen LogP contribution in [0.15, 0.2) is 40.8 Å². The minimum absolute atomic E-state index is 0.296. The van der Waals surface area contributed by atoms with E-state index in [1.54, 1.807) is 0 Å². The zero-order valence-corrected chi connectivity index (χ0v) is 15.2. The summed E-state index contributed by atoms with van der Waals surface area (Å²) in [5.41, 5.74) is 5.47. The lowest BCUT2D eigenvalue weighted by molar-refractivity contribution is 0.454. The lowest BCUT2D eigenvalue weighted by Crippen LogP contribution is -2.00. The molecule has 0 fully saturated rings. The van der Waals surface area contributed by atoms with Gasteiger partial charge in [0.05, 0.1) is 0 Å². The van der Waals surface area contributed by atoms with Crippen molar-refractivity contribution in [3.8, 4) is 5.75 Å². The maximum absolute atomic E-state index is 10.6. The van der Waals surface area contributed by atoms with Crippen molar-refractivity contribution < 1.29 is 9.52 Å². The first-order valence-corrected chi connectivity index (χ1v) is 8.71. The molecule has 0 unspecified atom stereocenters. The van der Waals surface area contributed by atoms with Gasteiger partial charge in [-0.25, -0.2) is 0 Å². The molecule has 0 amide bonds. The predicted octanol–water partition coefficient (Wildman–Crippen LogP) is 6.28. The van der Waals surface area contributed by atoms with E-state index in [0.29, 0.717) is 17.6 Å². The van der Waals surface area contributed by atoms with Crippen molar-refractivity contribution in [3.63, 3.8) is 0 Å². The molecule has 24 heavy (non-hydrogen) atoms. The third-order valence-electron chi connectivity index (χ3n) is 4.75. The van der Waals surface area contributed by atoms with E-state index in [2.05, 4.69) is 52.0 Å². The number of furan rings is 1. The molecule has 1 heterocycles. The fraction of sp³-hybridized carbons (Fsp3) is 0.364. The standard InChI is InChI=1S/C22H26O2/c1-13(2)18-10-16(11-19(14(3)4)22(18)23)12-20-15(5)24-21-9-7-6-8-17(20)21/h6-11,13-14,23H,12H2,1-5H3. The molecule has 2 aromatic carbocycles. The number of fused-ring (bicyclic) bond motifs is 1. The van der Waals surface area contributed by atoms with Crippen LogP contribution in [0.3, 0.4) is 0 Å². The van der Waals surface area contributed by atoms with Crippen molar-refractivity contribution in [2.45, 2.75) is 52.9 Å².